The molecule has 4 heteroatoms. The van der Waals surface area contributed by atoms with Gasteiger partial charge in [-0.25, -0.2) is 4.98 Å². The highest BCUT2D eigenvalue weighted by molar-refractivity contribution is 5.98. The largest absolute Gasteiger partial charge is 0.443 e. The van der Waals surface area contributed by atoms with E-state index in [1.54, 1.807) is 0 Å². The Kier molecular flexibility index (Phi) is 4.26. The number of nitrogens with one attached hydrogen (secondary N) is 1. The number of carbonyl (C=O) groups is 1. The zero-order valence-corrected chi connectivity index (χ0v) is 14.4. The van der Waals surface area contributed by atoms with Gasteiger partial charge in [0, 0.05) is 11.6 Å². The first kappa shape index (κ1) is 15.9. The standard InChI is InChI=1S/C21H22N2O2/c1-14-6-2-5-9-18(14)23-21(24)19-20(25-13-22-19)17-11-10-15-7-3-4-8-16(15)12-17/h3-4,7-8,10-14,18H,2,5-6,9H2,1H3,(H,23,24)/t14-,18+/m1/s1. The molecule has 0 radical (unpaired) electrons. The minimum absolute atomic E-state index is 0.143. The number of amides is 1. The van der Waals surface area contributed by atoms with E-state index in [9.17, 15) is 4.79 Å². The Morgan fingerprint density at radius 1 is 1.12 bits per heavy atom. The number of oxazole rings is 1. The van der Waals surface area contributed by atoms with Crippen LogP contribution in [0.15, 0.2) is 53.3 Å². The first-order valence-corrected chi connectivity index (χ1v) is 8.96. The summed E-state index contributed by atoms with van der Waals surface area (Å²) in [4.78, 5) is 16.9. The SMILES string of the molecule is C[C@@H]1CCCC[C@@H]1NC(=O)c1ncoc1-c1ccc2ccccc2c1. The van der Waals surface area contributed by atoms with Crippen LogP contribution in [0.4, 0.5) is 0 Å². The molecule has 4 rings (SSSR count). The maximum absolute atomic E-state index is 12.7. The van der Waals surface area contributed by atoms with Crippen molar-refractivity contribution in [1.82, 2.24) is 10.3 Å². The van der Waals surface area contributed by atoms with E-state index < -0.39 is 0 Å². The summed E-state index contributed by atoms with van der Waals surface area (Å²) in [6.07, 6.45) is 5.98. The molecule has 1 aliphatic carbocycles. The summed E-state index contributed by atoms with van der Waals surface area (Å²) in [7, 11) is 0. The monoisotopic (exact) mass is 334 g/mol. The third-order valence-electron chi connectivity index (χ3n) is 5.22. The highest BCUT2D eigenvalue weighted by Crippen LogP contribution is 2.28. The number of hydrogen-bond donors (Lipinski definition) is 1. The molecule has 4 nitrogen and oxygen atoms in total. The quantitative estimate of drug-likeness (QED) is 0.748. The first-order valence-electron chi connectivity index (χ1n) is 8.96. The summed E-state index contributed by atoms with van der Waals surface area (Å²) in [6, 6.07) is 14.4. The van der Waals surface area contributed by atoms with Crippen LogP contribution in [0.25, 0.3) is 22.1 Å². The normalized spacial score (nSPS) is 20.5. The number of aromatic nitrogens is 1. The fraction of sp³-hybridized carbons (Fsp3) is 0.333. The van der Waals surface area contributed by atoms with Crippen molar-refractivity contribution >= 4 is 16.7 Å². The first-order chi connectivity index (χ1) is 12.2. The lowest BCUT2D eigenvalue weighted by Gasteiger charge is -2.29. The van der Waals surface area contributed by atoms with Crippen LogP contribution in [0.1, 0.15) is 43.1 Å². The summed E-state index contributed by atoms with van der Waals surface area (Å²) in [5.74, 6) is 0.899. The number of rotatable bonds is 3. The fourth-order valence-corrected chi connectivity index (χ4v) is 3.71. The molecule has 1 N–H and O–H groups in total. The second-order valence-electron chi connectivity index (χ2n) is 6.93. The van der Waals surface area contributed by atoms with E-state index in [1.807, 2.05) is 30.3 Å². The molecule has 1 aromatic heterocycles. The number of nitrogens with zero attached hydrogens (tertiary/aromatic N) is 1. The van der Waals surface area contributed by atoms with Gasteiger partial charge < -0.3 is 9.73 Å². The molecule has 3 aromatic rings. The van der Waals surface area contributed by atoms with E-state index in [-0.39, 0.29) is 11.9 Å². The van der Waals surface area contributed by atoms with Crippen LogP contribution in [-0.4, -0.2) is 16.9 Å². The van der Waals surface area contributed by atoms with Gasteiger partial charge in [-0.15, -0.1) is 0 Å². The third kappa shape index (κ3) is 3.16. The van der Waals surface area contributed by atoms with Crippen LogP contribution in [0.3, 0.4) is 0 Å². The van der Waals surface area contributed by atoms with Crippen LogP contribution in [0.2, 0.25) is 0 Å². The van der Waals surface area contributed by atoms with Gasteiger partial charge in [-0.2, -0.15) is 0 Å². The van der Waals surface area contributed by atoms with Crippen molar-refractivity contribution in [3.63, 3.8) is 0 Å². The second-order valence-corrected chi connectivity index (χ2v) is 6.93. The Morgan fingerprint density at radius 2 is 1.92 bits per heavy atom. The lowest BCUT2D eigenvalue weighted by molar-refractivity contribution is 0.0906. The summed E-state index contributed by atoms with van der Waals surface area (Å²) in [5, 5.41) is 5.43. The maximum Gasteiger partial charge on any atom is 0.274 e. The van der Waals surface area contributed by atoms with Crippen LogP contribution in [0, 0.1) is 5.92 Å². The van der Waals surface area contributed by atoms with Crippen LogP contribution in [0.5, 0.6) is 0 Å². The third-order valence-corrected chi connectivity index (χ3v) is 5.22. The molecule has 1 amide bonds. The Morgan fingerprint density at radius 3 is 2.76 bits per heavy atom. The number of hydrogen-bond acceptors (Lipinski definition) is 3. The van der Waals surface area contributed by atoms with Gasteiger partial charge in [0.15, 0.2) is 17.8 Å². The molecule has 1 fully saturated rings. The average molecular weight is 334 g/mol. The molecule has 0 saturated heterocycles. The van der Waals surface area contributed by atoms with Crippen molar-refractivity contribution in [2.24, 2.45) is 5.92 Å². The van der Waals surface area contributed by atoms with Crippen molar-refractivity contribution in [3.8, 4) is 11.3 Å². The summed E-state index contributed by atoms with van der Waals surface area (Å²) in [5.41, 5.74) is 1.24. The molecule has 0 unspecified atom stereocenters. The molecule has 1 heterocycles. The van der Waals surface area contributed by atoms with E-state index in [4.69, 9.17) is 4.42 Å². The Labute approximate surface area is 147 Å². The van der Waals surface area contributed by atoms with E-state index in [1.165, 1.54) is 25.7 Å². The van der Waals surface area contributed by atoms with Crippen molar-refractivity contribution in [3.05, 3.63) is 54.6 Å². The number of fused-ring (bicyclic) bond motifs is 1. The molecule has 25 heavy (non-hydrogen) atoms. The number of carbonyl (C=O) groups excluding carboxylic acids is 1. The topological polar surface area (TPSA) is 55.1 Å². The maximum atomic E-state index is 12.7. The molecule has 2 atom stereocenters. The van der Waals surface area contributed by atoms with Gasteiger partial charge in [-0.05, 0) is 35.6 Å². The van der Waals surface area contributed by atoms with Crippen molar-refractivity contribution in [2.45, 2.75) is 38.6 Å². The molecular weight excluding hydrogens is 312 g/mol. The highest BCUT2D eigenvalue weighted by Gasteiger charge is 2.26. The molecule has 0 bridgehead atoms. The predicted molar refractivity (Wildman–Crippen MR) is 98.3 cm³/mol. The lowest BCUT2D eigenvalue weighted by atomic mass is 9.86. The molecule has 0 aliphatic heterocycles. The molecule has 128 valence electrons. The lowest BCUT2D eigenvalue weighted by Crippen LogP contribution is -2.41. The smallest absolute Gasteiger partial charge is 0.274 e. The van der Waals surface area contributed by atoms with Gasteiger partial charge >= 0.3 is 0 Å². The molecule has 0 spiro atoms. The van der Waals surface area contributed by atoms with Gasteiger partial charge in [0.25, 0.3) is 5.91 Å². The van der Waals surface area contributed by atoms with Crippen LogP contribution < -0.4 is 5.32 Å². The van der Waals surface area contributed by atoms with Crippen molar-refractivity contribution < 1.29 is 9.21 Å². The van der Waals surface area contributed by atoms with Gasteiger partial charge in [-0.3, -0.25) is 4.79 Å². The van der Waals surface area contributed by atoms with Crippen molar-refractivity contribution in [1.29, 1.82) is 0 Å². The van der Waals surface area contributed by atoms with Crippen LogP contribution in [-0.2, 0) is 0 Å². The summed E-state index contributed by atoms with van der Waals surface area (Å²) >= 11 is 0. The number of benzene rings is 2. The fourth-order valence-electron chi connectivity index (χ4n) is 3.71. The van der Waals surface area contributed by atoms with E-state index in [2.05, 4.69) is 29.4 Å². The van der Waals surface area contributed by atoms with Gasteiger partial charge in [0.05, 0.1) is 0 Å². The predicted octanol–water partition coefficient (Wildman–Crippen LogP) is 4.80. The van der Waals surface area contributed by atoms with E-state index in [0.29, 0.717) is 17.4 Å². The average Bonchev–Trinajstić information content (AvgIpc) is 3.13. The summed E-state index contributed by atoms with van der Waals surface area (Å²) < 4.78 is 5.56. The Balaban J connectivity index is 1.61. The van der Waals surface area contributed by atoms with E-state index >= 15 is 0 Å². The van der Waals surface area contributed by atoms with Gasteiger partial charge in [-0.1, -0.05) is 56.2 Å². The van der Waals surface area contributed by atoms with E-state index in [0.717, 1.165) is 22.8 Å². The Bertz CT molecular complexity index is 900. The zero-order chi connectivity index (χ0) is 17.2. The van der Waals surface area contributed by atoms with Gasteiger partial charge in [0.2, 0.25) is 0 Å². The minimum atomic E-state index is -0.143. The highest BCUT2D eigenvalue weighted by atomic mass is 16.3. The molecular formula is C21H22N2O2. The summed E-state index contributed by atoms with van der Waals surface area (Å²) in [6.45, 7) is 2.21. The Hall–Kier alpha value is -2.62. The molecule has 2 aromatic carbocycles. The van der Waals surface area contributed by atoms with Crippen LogP contribution >= 0.6 is 0 Å². The molecule has 1 saturated carbocycles. The van der Waals surface area contributed by atoms with Gasteiger partial charge in [0.1, 0.15) is 0 Å². The molecule has 1 aliphatic rings. The minimum Gasteiger partial charge on any atom is -0.443 e. The second kappa shape index (κ2) is 6.71. The van der Waals surface area contributed by atoms with Crippen molar-refractivity contribution in [2.75, 3.05) is 0 Å². The zero-order valence-electron chi connectivity index (χ0n) is 14.4.